The van der Waals surface area contributed by atoms with E-state index in [-0.39, 0.29) is 11.9 Å². The molecule has 0 radical (unpaired) electrons. The minimum absolute atomic E-state index is 0.0475. The third kappa shape index (κ3) is 2.76. The van der Waals surface area contributed by atoms with Gasteiger partial charge in [-0.25, -0.2) is 13.6 Å². The third-order valence-electron chi connectivity index (χ3n) is 1.94. The van der Waals surface area contributed by atoms with Crippen molar-refractivity contribution in [2.45, 2.75) is 19.4 Å². The van der Waals surface area contributed by atoms with Crippen LogP contribution in [0.5, 0.6) is 0 Å². The van der Waals surface area contributed by atoms with Crippen LogP contribution in [0.1, 0.15) is 13.3 Å². The van der Waals surface area contributed by atoms with Gasteiger partial charge in [0.25, 0.3) is 0 Å². The van der Waals surface area contributed by atoms with Crippen molar-refractivity contribution in [3.8, 4) is 0 Å². The maximum absolute atomic E-state index is 10.6. The summed E-state index contributed by atoms with van der Waals surface area (Å²) in [6.45, 7) is 2.63. The lowest BCUT2D eigenvalue weighted by molar-refractivity contribution is 0.111. The summed E-state index contributed by atoms with van der Waals surface area (Å²) in [5, 5.41) is 4.87. The van der Waals surface area contributed by atoms with E-state index in [9.17, 15) is 8.42 Å². The van der Waals surface area contributed by atoms with Crippen LogP contribution in [-0.4, -0.2) is 26.9 Å². The zero-order chi connectivity index (χ0) is 8.48. The molecule has 4 nitrogen and oxygen atoms in total. The molecule has 0 aliphatic carbocycles. The Labute approximate surface area is 66.8 Å². The number of hydrogen-bond acceptors (Lipinski definition) is 3. The van der Waals surface area contributed by atoms with Crippen molar-refractivity contribution in [1.82, 2.24) is 0 Å². The predicted molar refractivity (Wildman–Crippen MR) is 41.5 cm³/mol. The third-order valence-corrected chi connectivity index (χ3v) is 2.73. The van der Waals surface area contributed by atoms with Crippen molar-refractivity contribution in [2.75, 3.05) is 12.4 Å². The van der Waals surface area contributed by atoms with Gasteiger partial charge in [-0.05, 0) is 12.3 Å². The molecule has 0 aromatic carbocycles. The molecule has 66 valence electrons. The van der Waals surface area contributed by atoms with Crippen molar-refractivity contribution in [1.29, 1.82) is 0 Å². The van der Waals surface area contributed by atoms with Crippen molar-refractivity contribution in [3.63, 3.8) is 0 Å². The Bertz CT molecular complexity index is 224. The van der Waals surface area contributed by atoms with Crippen molar-refractivity contribution in [3.05, 3.63) is 0 Å². The summed E-state index contributed by atoms with van der Waals surface area (Å²) in [7, 11) is -3.37. The average Bonchev–Trinajstić information content (AvgIpc) is 2.12. The highest BCUT2D eigenvalue weighted by molar-refractivity contribution is 7.89. The highest BCUT2D eigenvalue weighted by Gasteiger charge is 2.27. The van der Waals surface area contributed by atoms with E-state index in [1.807, 2.05) is 6.92 Å². The lowest BCUT2D eigenvalue weighted by atomic mass is 10.1. The van der Waals surface area contributed by atoms with Crippen LogP contribution < -0.4 is 5.14 Å². The first kappa shape index (κ1) is 8.96. The van der Waals surface area contributed by atoms with E-state index in [4.69, 9.17) is 9.88 Å². The SMILES string of the molecule is C[C@@H]1CCO[C@@H]1CS(N)(=O)=O. The molecule has 1 heterocycles. The summed E-state index contributed by atoms with van der Waals surface area (Å²) < 4.78 is 26.4. The quantitative estimate of drug-likeness (QED) is 0.632. The van der Waals surface area contributed by atoms with Crippen LogP contribution in [0.4, 0.5) is 0 Å². The molecule has 2 atom stereocenters. The molecule has 0 amide bonds. The molecule has 1 saturated heterocycles. The smallest absolute Gasteiger partial charge is 0.211 e. The first-order chi connectivity index (χ1) is 4.99. The van der Waals surface area contributed by atoms with Gasteiger partial charge < -0.3 is 4.74 Å². The van der Waals surface area contributed by atoms with Gasteiger partial charge in [0.1, 0.15) is 0 Å². The highest BCUT2D eigenvalue weighted by atomic mass is 32.2. The van der Waals surface area contributed by atoms with Crippen LogP contribution in [0.15, 0.2) is 0 Å². The summed E-state index contributed by atoms with van der Waals surface area (Å²) in [5.41, 5.74) is 0. The molecular weight excluding hydrogens is 166 g/mol. The van der Waals surface area contributed by atoms with Crippen LogP contribution in [0.25, 0.3) is 0 Å². The molecule has 1 aliphatic rings. The van der Waals surface area contributed by atoms with Crippen LogP contribution in [-0.2, 0) is 14.8 Å². The zero-order valence-corrected chi connectivity index (χ0v) is 7.30. The summed E-state index contributed by atoms with van der Waals surface area (Å²) in [6.07, 6.45) is 0.741. The first-order valence-corrected chi connectivity index (χ1v) is 5.32. The van der Waals surface area contributed by atoms with Crippen LogP contribution in [0.2, 0.25) is 0 Å². The predicted octanol–water partition coefficient (Wildman–Crippen LogP) is -0.300. The Morgan fingerprint density at radius 2 is 2.27 bits per heavy atom. The maximum atomic E-state index is 10.6. The van der Waals surface area contributed by atoms with Crippen LogP contribution in [0, 0.1) is 5.92 Å². The molecule has 2 N–H and O–H groups in total. The number of hydrogen-bond donors (Lipinski definition) is 1. The molecule has 1 aliphatic heterocycles. The standard InChI is InChI=1S/C6H13NO3S/c1-5-2-3-10-6(5)4-11(7,8)9/h5-6H,2-4H2,1H3,(H2,7,8,9)/t5-,6-/m1/s1. The molecule has 1 rings (SSSR count). The fourth-order valence-corrected chi connectivity index (χ4v) is 2.08. The molecule has 0 bridgehead atoms. The Balaban J connectivity index is 2.50. The summed E-state index contributed by atoms with van der Waals surface area (Å²) in [4.78, 5) is 0. The number of ether oxygens (including phenoxy) is 1. The molecule has 0 spiro atoms. The normalized spacial score (nSPS) is 32.5. The van der Waals surface area contributed by atoms with E-state index >= 15 is 0 Å². The van der Waals surface area contributed by atoms with Crippen molar-refractivity contribution in [2.24, 2.45) is 11.1 Å². The molecule has 1 fully saturated rings. The van der Waals surface area contributed by atoms with Gasteiger partial charge in [0, 0.05) is 6.61 Å². The van der Waals surface area contributed by atoms with Crippen LogP contribution in [0.3, 0.4) is 0 Å². The lowest BCUT2D eigenvalue weighted by Crippen LogP contribution is -2.29. The van der Waals surface area contributed by atoms with Gasteiger partial charge in [0.2, 0.25) is 10.0 Å². The summed E-state index contributed by atoms with van der Waals surface area (Å²) in [6, 6.07) is 0. The molecule has 0 aromatic heterocycles. The second kappa shape index (κ2) is 3.08. The van der Waals surface area contributed by atoms with Gasteiger partial charge in [-0.1, -0.05) is 6.92 Å². The lowest BCUT2D eigenvalue weighted by Gasteiger charge is -2.11. The molecule has 0 unspecified atom stereocenters. The molecule has 0 saturated carbocycles. The Kier molecular flexibility index (Phi) is 2.51. The van der Waals surface area contributed by atoms with Crippen molar-refractivity contribution < 1.29 is 13.2 Å². The largest absolute Gasteiger partial charge is 0.377 e. The number of rotatable bonds is 2. The van der Waals surface area contributed by atoms with E-state index in [0.717, 1.165) is 6.42 Å². The fourth-order valence-electron chi connectivity index (χ4n) is 1.20. The molecule has 5 heteroatoms. The van der Waals surface area contributed by atoms with Gasteiger partial charge >= 0.3 is 0 Å². The topological polar surface area (TPSA) is 69.4 Å². The average molecular weight is 179 g/mol. The minimum atomic E-state index is -3.37. The number of primary sulfonamides is 1. The maximum Gasteiger partial charge on any atom is 0.211 e. The molecular formula is C6H13NO3S. The van der Waals surface area contributed by atoms with Gasteiger partial charge in [0.15, 0.2) is 0 Å². The number of nitrogens with two attached hydrogens (primary N) is 1. The zero-order valence-electron chi connectivity index (χ0n) is 6.49. The fraction of sp³-hybridized carbons (Fsp3) is 1.00. The minimum Gasteiger partial charge on any atom is -0.377 e. The number of sulfonamides is 1. The van der Waals surface area contributed by atoms with Gasteiger partial charge in [-0.3, -0.25) is 0 Å². The highest BCUT2D eigenvalue weighted by Crippen LogP contribution is 2.20. The van der Waals surface area contributed by atoms with E-state index in [1.165, 1.54) is 0 Å². The summed E-state index contributed by atoms with van der Waals surface area (Å²) in [5.74, 6) is 0.266. The Morgan fingerprint density at radius 1 is 1.64 bits per heavy atom. The second-order valence-electron chi connectivity index (χ2n) is 3.00. The molecule has 0 aromatic rings. The Hall–Kier alpha value is -0.130. The van der Waals surface area contributed by atoms with E-state index in [1.54, 1.807) is 0 Å². The van der Waals surface area contributed by atoms with Gasteiger partial charge in [0.05, 0.1) is 11.9 Å². The Morgan fingerprint density at radius 3 is 2.64 bits per heavy atom. The van der Waals surface area contributed by atoms with E-state index in [2.05, 4.69) is 0 Å². The molecule has 11 heavy (non-hydrogen) atoms. The van der Waals surface area contributed by atoms with Crippen LogP contribution >= 0.6 is 0 Å². The second-order valence-corrected chi connectivity index (χ2v) is 4.66. The van der Waals surface area contributed by atoms with E-state index < -0.39 is 10.0 Å². The van der Waals surface area contributed by atoms with Crippen molar-refractivity contribution >= 4 is 10.0 Å². The monoisotopic (exact) mass is 179 g/mol. The van der Waals surface area contributed by atoms with E-state index in [0.29, 0.717) is 12.5 Å². The van der Waals surface area contributed by atoms with Gasteiger partial charge in [-0.15, -0.1) is 0 Å². The first-order valence-electron chi connectivity index (χ1n) is 3.61. The summed E-state index contributed by atoms with van der Waals surface area (Å²) >= 11 is 0. The van der Waals surface area contributed by atoms with Gasteiger partial charge in [-0.2, -0.15) is 0 Å².